The summed E-state index contributed by atoms with van der Waals surface area (Å²) >= 11 is 0. The van der Waals surface area contributed by atoms with E-state index in [0.717, 1.165) is 16.2 Å². The van der Waals surface area contributed by atoms with Crippen LogP contribution >= 0.6 is 0 Å². The van der Waals surface area contributed by atoms with Crippen molar-refractivity contribution in [2.45, 2.75) is 44.5 Å². The van der Waals surface area contributed by atoms with Crippen LogP contribution in [0.5, 0.6) is 0 Å². The molecule has 0 spiro atoms. The minimum atomic E-state index is -1.00. The van der Waals surface area contributed by atoms with Crippen molar-refractivity contribution in [1.29, 1.82) is 0 Å². The predicted octanol–water partition coefficient (Wildman–Crippen LogP) is 3.81. The van der Waals surface area contributed by atoms with Crippen LogP contribution in [0.25, 0.3) is 10.8 Å². The Labute approximate surface area is 203 Å². The zero-order chi connectivity index (χ0) is 24.3. The number of ether oxygens (including phenoxy) is 1. The number of hydrogen-bond acceptors (Lipinski definition) is 6. The minimum absolute atomic E-state index is 0.164. The van der Waals surface area contributed by atoms with Crippen molar-refractivity contribution in [3.63, 3.8) is 0 Å². The van der Waals surface area contributed by atoms with Crippen LogP contribution in [0.4, 0.5) is 0 Å². The topological polar surface area (TPSA) is 78.9 Å². The second-order valence-electron chi connectivity index (χ2n) is 9.48. The second-order valence-corrected chi connectivity index (χ2v) is 9.48. The SMILES string of the molecule is CC(=O)O[C@@H](C)[C@]12CC3=C(C(=O)c4cc5ccccc5cc4C3=O)[C@H](C1)OB(c1ccccc1)O2. The molecule has 3 aromatic rings. The maximum Gasteiger partial charge on any atom is 0.494 e. The van der Waals surface area contributed by atoms with Crippen LogP contribution in [0.2, 0.25) is 0 Å². The first-order chi connectivity index (χ1) is 16.9. The van der Waals surface area contributed by atoms with E-state index in [-0.39, 0.29) is 18.0 Å². The lowest BCUT2D eigenvalue weighted by Crippen LogP contribution is -2.63. The highest BCUT2D eigenvalue weighted by Gasteiger charge is 2.57. The van der Waals surface area contributed by atoms with Crippen LogP contribution in [-0.2, 0) is 18.8 Å². The van der Waals surface area contributed by atoms with Crippen molar-refractivity contribution in [2.24, 2.45) is 0 Å². The first kappa shape index (κ1) is 22.0. The zero-order valence-corrected chi connectivity index (χ0v) is 19.4. The van der Waals surface area contributed by atoms with Crippen molar-refractivity contribution in [2.75, 3.05) is 0 Å². The summed E-state index contributed by atoms with van der Waals surface area (Å²) < 4.78 is 18.4. The summed E-state index contributed by atoms with van der Waals surface area (Å²) in [4.78, 5) is 39.5. The average molecular weight is 466 g/mol. The van der Waals surface area contributed by atoms with Crippen LogP contribution in [-0.4, -0.2) is 42.5 Å². The van der Waals surface area contributed by atoms with E-state index in [0.29, 0.717) is 28.7 Å². The van der Waals surface area contributed by atoms with E-state index in [2.05, 4.69) is 0 Å². The van der Waals surface area contributed by atoms with Crippen molar-refractivity contribution in [1.82, 2.24) is 0 Å². The standard InChI is InChI=1S/C28H23BO6/c1-16(33-17(2)30)28-14-23-25(24(15-28)34-29(35-28)20-10-4-3-5-11-20)27(32)22-13-19-9-7-6-8-18(19)12-21(22)26(23)31/h3-13,16,24H,14-15H2,1-2H3/t16-,24-,28-/m0/s1. The molecule has 3 aliphatic rings. The number of rotatable bonds is 3. The van der Waals surface area contributed by atoms with Gasteiger partial charge in [0.25, 0.3) is 0 Å². The quantitative estimate of drug-likeness (QED) is 0.432. The molecule has 3 atom stereocenters. The molecule has 1 saturated heterocycles. The summed E-state index contributed by atoms with van der Waals surface area (Å²) in [6.07, 6.45) is -0.832. The van der Waals surface area contributed by atoms with E-state index < -0.39 is 30.9 Å². The maximum absolute atomic E-state index is 13.8. The van der Waals surface area contributed by atoms with Gasteiger partial charge in [-0.1, -0.05) is 54.6 Å². The van der Waals surface area contributed by atoms with Crippen LogP contribution in [0.1, 0.15) is 47.4 Å². The highest BCUT2D eigenvalue weighted by molar-refractivity contribution is 6.61. The smallest absolute Gasteiger partial charge is 0.460 e. The first-order valence-corrected chi connectivity index (χ1v) is 11.8. The van der Waals surface area contributed by atoms with Crippen molar-refractivity contribution < 1.29 is 28.4 Å². The normalized spacial score (nSPS) is 24.2. The molecule has 0 radical (unpaired) electrons. The number of carbonyl (C=O) groups is 3. The summed E-state index contributed by atoms with van der Waals surface area (Å²) in [5.41, 5.74) is 1.37. The first-order valence-electron chi connectivity index (χ1n) is 11.8. The summed E-state index contributed by atoms with van der Waals surface area (Å²) in [6, 6.07) is 20.7. The number of Topliss-reactive ketones (excluding diaryl/α,β-unsaturated/α-hetero) is 2. The molecule has 7 heteroatoms. The van der Waals surface area contributed by atoms with E-state index in [1.54, 1.807) is 19.1 Å². The molecule has 1 heterocycles. The third-order valence-corrected chi connectivity index (χ3v) is 7.33. The van der Waals surface area contributed by atoms with Gasteiger partial charge < -0.3 is 14.0 Å². The summed E-state index contributed by atoms with van der Waals surface area (Å²) in [5, 5.41) is 1.80. The fourth-order valence-electron chi connectivity index (χ4n) is 5.60. The zero-order valence-electron chi connectivity index (χ0n) is 19.4. The fourth-order valence-corrected chi connectivity index (χ4v) is 5.60. The van der Waals surface area contributed by atoms with Gasteiger partial charge in [0.1, 0.15) is 6.10 Å². The van der Waals surface area contributed by atoms with Gasteiger partial charge in [-0.05, 0) is 35.3 Å². The molecule has 0 unspecified atom stereocenters. The second kappa shape index (κ2) is 8.00. The average Bonchev–Trinajstić information content (AvgIpc) is 2.86. The maximum atomic E-state index is 13.8. The lowest BCUT2D eigenvalue weighted by atomic mass is 9.64. The van der Waals surface area contributed by atoms with Crippen LogP contribution in [0.15, 0.2) is 77.9 Å². The monoisotopic (exact) mass is 466 g/mol. The van der Waals surface area contributed by atoms with Gasteiger partial charge >= 0.3 is 13.1 Å². The third kappa shape index (κ3) is 3.46. The van der Waals surface area contributed by atoms with Crippen molar-refractivity contribution >= 4 is 40.9 Å². The Morgan fingerprint density at radius 2 is 1.63 bits per heavy atom. The molecule has 0 amide bonds. The van der Waals surface area contributed by atoms with E-state index in [4.69, 9.17) is 14.0 Å². The molecule has 35 heavy (non-hydrogen) atoms. The van der Waals surface area contributed by atoms with E-state index in [9.17, 15) is 14.4 Å². The van der Waals surface area contributed by atoms with Gasteiger partial charge in [-0.15, -0.1) is 0 Å². The summed E-state index contributed by atoms with van der Waals surface area (Å²) in [5.74, 6) is -0.819. The van der Waals surface area contributed by atoms with E-state index in [1.807, 2.05) is 54.6 Å². The molecule has 6 rings (SSSR count). The van der Waals surface area contributed by atoms with Gasteiger partial charge in [0.2, 0.25) is 0 Å². The Bertz CT molecular complexity index is 1430. The van der Waals surface area contributed by atoms with Gasteiger partial charge in [0.15, 0.2) is 11.6 Å². The molecule has 6 nitrogen and oxygen atoms in total. The number of esters is 1. The van der Waals surface area contributed by atoms with Crippen molar-refractivity contribution in [3.8, 4) is 0 Å². The highest BCUT2D eigenvalue weighted by Crippen LogP contribution is 2.48. The Morgan fingerprint density at radius 3 is 2.29 bits per heavy atom. The van der Waals surface area contributed by atoms with Gasteiger partial charge in [0, 0.05) is 42.0 Å². The van der Waals surface area contributed by atoms with Gasteiger partial charge in [-0.25, -0.2) is 0 Å². The predicted molar refractivity (Wildman–Crippen MR) is 131 cm³/mol. The lowest BCUT2D eigenvalue weighted by Gasteiger charge is -2.51. The third-order valence-electron chi connectivity index (χ3n) is 7.33. The Hall–Kier alpha value is -3.55. The highest BCUT2D eigenvalue weighted by atomic mass is 16.6. The molecule has 3 aromatic carbocycles. The van der Waals surface area contributed by atoms with Crippen molar-refractivity contribution in [3.05, 3.63) is 89.0 Å². The van der Waals surface area contributed by atoms with Crippen LogP contribution < -0.4 is 5.46 Å². The largest absolute Gasteiger partial charge is 0.494 e. The minimum Gasteiger partial charge on any atom is -0.460 e. The molecule has 174 valence electrons. The fraction of sp³-hybridized carbons (Fsp3) is 0.250. The van der Waals surface area contributed by atoms with E-state index >= 15 is 0 Å². The number of carbonyl (C=O) groups excluding carboxylic acids is 3. The molecule has 0 aromatic heterocycles. The molecular formula is C28H23BO6. The van der Waals surface area contributed by atoms with Crippen LogP contribution in [0, 0.1) is 0 Å². The molecule has 0 N–H and O–H groups in total. The van der Waals surface area contributed by atoms with Gasteiger partial charge in [0.05, 0.1) is 11.7 Å². The Kier molecular flexibility index (Phi) is 5.02. The number of fused-ring (bicyclic) bond motifs is 5. The van der Waals surface area contributed by atoms with Gasteiger partial charge in [-0.3, -0.25) is 14.4 Å². The molecule has 2 bridgehead atoms. The Morgan fingerprint density at radius 1 is 1.00 bits per heavy atom. The molecule has 0 saturated carbocycles. The van der Waals surface area contributed by atoms with E-state index in [1.165, 1.54) is 6.92 Å². The number of benzene rings is 3. The Balaban J connectivity index is 1.49. The molecule has 1 aliphatic heterocycles. The molecule has 2 aliphatic carbocycles. The van der Waals surface area contributed by atoms with Gasteiger partial charge in [-0.2, -0.15) is 0 Å². The molecular weight excluding hydrogens is 443 g/mol. The number of hydrogen-bond donors (Lipinski definition) is 0. The summed E-state index contributed by atoms with van der Waals surface area (Å²) in [7, 11) is -0.761. The summed E-state index contributed by atoms with van der Waals surface area (Å²) in [6.45, 7) is 3.12. The molecule has 1 fully saturated rings. The lowest BCUT2D eigenvalue weighted by molar-refractivity contribution is -0.168. The number of ketones is 2. The van der Waals surface area contributed by atoms with Crippen LogP contribution in [0.3, 0.4) is 0 Å².